The molecule has 1 saturated heterocycles. The monoisotopic (exact) mass is 407 g/mol. The Kier molecular flexibility index (Phi) is 5.72. The predicted octanol–water partition coefficient (Wildman–Crippen LogP) is 2.49. The fourth-order valence-electron chi connectivity index (χ4n) is 3.90. The number of aromatic nitrogens is 1. The summed E-state index contributed by atoms with van der Waals surface area (Å²) in [6, 6.07) is 16.0. The number of methoxy groups -OCH3 is 1. The molecule has 0 radical (unpaired) electrons. The van der Waals surface area contributed by atoms with Crippen LogP contribution in [-0.4, -0.2) is 54.6 Å². The van der Waals surface area contributed by atoms with Gasteiger partial charge in [0.05, 0.1) is 20.3 Å². The maximum absolute atomic E-state index is 12.8. The number of fused-ring (bicyclic) bond motifs is 1. The topological polar surface area (TPSA) is 97.7 Å². The summed E-state index contributed by atoms with van der Waals surface area (Å²) in [5.74, 6) is 0.254. The van der Waals surface area contributed by atoms with Crippen molar-refractivity contribution in [2.75, 3.05) is 26.8 Å². The molecule has 1 unspecified atom stereocenters. The van der Waals surface area contributed by atoms with Crippen LogP contribution < -0.4 is 10.5 Å². The van der Waals surface area contributed by atoms with E-state index in [1.54, 1.807) is 12.0 Å². The number of rotatable bonds is 6. The average molecular weight is 407 g/mol. The van der Waals surface area contributed by atoms with Crippen molar-refractivity contribution < 1.29 is 19.1 Å². The van der Waals surface area contributed by atoms with Gasteiger partial charge in [-0.2, -0.15) is 0 Å². The van der Waals surface area contributed by atoms with E-state index in [2.05, 4.69) is 11.1 Å². The summed E-state index contributed by atoms with van der Waals surface area (Å²) < 4.78 is 10.6. The zero-order chi connectivity index (χ0) is 21.1. The first-order valence-corrected chi connectivity index (χ1v) is 9.99. The lowest BCUT2D eigenvalue weighted by Gasteiger charge is -2.31. The summed E-state index contributed by atoms with van der Waals surface area (Å²) in [4.78, 5) is 29.4. The molecule has 30 heavy (non-hydrogen) atoms. The molecule has 0 saturated carbocycles. The number of hydrogen-bond acceptors (Lipinski definition) is 4. The number of carbonyl (C=O) groups is 2. The highest BCUT2D eigenvalue weighted by molar-refractivity contribution is 5.91. The molecule has 7 heteroatoms. The lowest BCUT2D eigenvalue weighted by atomic mass is 10.0. The Balaban J connectivity index is 1.57. The number of benzene rings is 2. The Morgan fingerprint density at radius 1 is 1.20 bits per heavy atom. The SMILES string of the molecule is COc1ccc(-c2[nH]c3ccccc3c2CCC(=O)N2CCOC(C(N)=O)C2)cc1. The van der Waals surface area contributed by atoms with Gasteiger partial charge in [-0.1, -0.05) is 18.2 Å². The molecule has 156 valence electrons. The number of nitrogens with one attached hydrogen (secondary N) is 1. The van der Waals surface area contributed by atoms with Crippen LogP contribution in [0.1, 0.15) is 12.0 Å². The standard InChI is InChI=1S/C23H25N3O4/c1-29-16-8-6-15(7-9-16)22-18(17-4-2-3-5-19(17)25-22)10-11-21(27)26-12-13-30-20(14-26)23(24)28/h2-9,20,25H,10-14H2,1H3,(H2,24,28). The number of hydrogen-bond donors (Lipinski definition) is 2. The Bertz CT molecular complexity index is 1060. The summed E-state index contributed by atoms with van der Waals surface area (Å²) in [6.07, 6.45) is 0.199. The van der Waals surface area contributed by atoms with E-state index < -0.39 is 12.0 Å². The van der Waals surface area contributed by atoms with Gasteiger partial charge in [0.15, 0.2) is 6.10 Å². The Morgan fingerprint density at radius 2 is 1.97 bits per heavy atom. The molecule has 0 bridgehead atoms. The number of H-pyrrole nitrogens is 1. The highest BCUT2D eigenvalue weighted by atomic mass is 16.5. The number of aryl methyl sites for hydroxylation is 1. The van der Waals surface area contributed by atoms with E-state index in [0.29, 0.717) is 26.0 Å². The van der Waals surface area contributed by atoms with Crippen LogP contribution in [0, 0.1) is 0 Å². The van der Waals surface area contributed by atoms with E-state index in [4.69, 9.17) is 15.2 Å². The van der Waals surface area contributed by atoms with Crippen molar-refractivity contribution in [3.05, 3.63) is 54.1 Å². The van der Waals surface area contributed by atoms with E-state index in [1.165, 1.54) is 0 Å². The number of nitrogens with two attached hydrogens (primary N) is 1. The van der Waals surface area contributed by atoms with Gasteiger partial charge in [-0.05, 0) is 47.9 Å². The highest BCUT2D eigenvalue weighted by Crippen LogP contribution is 2.32. The molecule has 1 aromatic heterocycles. The molecular weight excluding hydrogens is 382 g/mol. The van der Waals surface area contributed by atoms with Crippen LogP contribution in [0.4, 0.5) is 0 Å². The van der Waals surface area contributed by atoms with Crippen LogP contribution >= 0.6 is 0 Å². The van der Waals surface area contributed by atoms with Crippen LogP contribution in [-0.2, 0) is 20.7 Å². The first-order valence-electron chi connectivity index (χ1n) is 9.99. The minimum absolute atomic E-state index is 0.00416. The number of para-hydroxylation sites is 1. The van der Waals surface area contributed by atoms with Crippen molar-refractivity contribution in [3.8, 4) is 17.0 Å². The molecule has 1 atom stereocenters. The van der Waals surface area contributed by atoms with Crippen LogP contribution in [0.15, 0.2) is 48.5 Å². The molecule has 2 amide bonds. The normalized spacial score (nSPS) is 16.6. The Labute approximate surface area is 174 Å². The Hall–Kier alpha value is -3.32. The molecular formula is C23H25N3O4. The smallest absolute Gasteiger partial charge is 0.248 e. The van der Waals surface area contributed by atoms with Crippen LogP contribution in [0.3, 0.4) is 0 Å². The number of amides is 2. The molecule has 1 aliphatic rings. The van der Waals surface area contributed by atoms with E-state index in [-0.39, 0.29) is 12.5 Å². The van der Waals surface area contributed by atoms with Gasteiger partial charge in [0, 0.05) is 29.6 Å². The number of primary amides is 1. The fraction of sp³-hybridized carbons (Fsp3) is 0.304. The molecule has 3 aromatic rings. The van der Waals surface area contributed by atoms with Gasteiger partial charge in [-0.15, -0.1) is 0 Å². The largest absolute Gasteiger partial charge is 0.497 e. The summed E-state index contributed by atoms with van der Waals surface area (Å²) in [5, 5.41) is 1.10. The number of morpholine rings is 1. The molecule has 2 heterocycles. The minimum atomic E-state index is -0.731. The second-order valence-corrected chi connectivity index (χ2v) is 7.35. The first-order chi connectivity index (χ1) is 14.6. The fourth-order valence-corrected chi connectivity index (χ4v) is 3.90. The number of nitrogens with zero attached hydrogens (tertiary/aromatic N) is 1. The lowest BCUT2D eigenvalue weighted by Crippen LogP contribution is -2.50. The second-order valence-electron chi connectivity index (χ2n) is 7.35. The van der Waals surface area contributed by atoms with Crippen molar-refractivity contribution >= 4 is 22.7 Å². The molecule has 2 aromatic carbocycles. The highest BCUT2D eigenvalue weighted by Gasteiger charge is 2.27. The van der Waals surface area contributed by atoms with E-state index in [1.807, 2.05) is 42.5 Å². The lowest BCUT2D eigenvalue weighted by molar-refractivity contribution is -0.145. The van der Waals surface area contributed by atoms with Crippen molar-refractivity contribution in [2.45, 2.75) is 18.9 Å². The Morgan fingerprint density at radius 3 is 2.70 bits per heavy atom. The van der Waals surface area contributed by atoms with Gasteiger partial charge >= 0.3 is 0 Å². The van der Waals surface area contributed by atoms with Gasteiger partial charge in [0.1, 0.15) is 5.75 Å². The third kappa shape index (κ3) is 4.02. The minimum Gasteiger partial charge on any atom is -0.497 e. The summed E-state index contributed by atoms with van der Waals surface area (Å²) >= 11 is 0. The molecule has 7 nitrogen and oxygen atoms in total. The van der Waals surface area contributed by atoms with Crippen LogP contribution in [0.25, 0.3) is 22.2 Å². The molecule has 3 N–H and O–H groups in total. The summed E-state index contributed by atoms with van der Waals surface area (Å²) in [6.45, 7) is 1.01. The molecule has 4 rings (SSSR count). The third-order valence-corrected chi connectivity index (χ3v) is 5.52. The molecule has 0 aliphatic carbocycles. The van der Waals surface area contributed by atoms with E-state index >= 15 is 0 Å². The second kappa shape index (κ2) is 8.59. The average Bonchev–Trinajstić information content (AvgIpc) is 3.16. The van der Waals surface area contributed by atoms with Crippen molar-refractivity contribution in [2.24, 2.45) is 5.73 Å². The van der Waals surface area contributed by atoms with Crippen molar-refractivity contribution in [3.63, 3.8) is 0 Å². The maximum atomic E-state index is 12.8. The summed E-state index contributed by atoms with van der Waals surface area (Å²) in [5.41, 5.74) is 9.51. The quantitative estimate of drug-likeness (QED) is 0.656. The van der Waals surface area contributed by atoms with Crippen LogP contribution in [0.2, 0.25) is 0 Å². The van der Waals surface area contributed by atoms with Gasteiger partial charge in [0.25, 0.3) is 0 Å². The van der Waals surface area contributed by atoms with Crippen molar-refractivity contribution in [1.29, 1.82) is 0 Å². The number of ether oxygens (including phenoxy) is 2. The maximum Gasteiger partial charge on any atom is 0.248 e. The van der Waals surface area contributed by atoms with Gasteiger partial charge < -0.3 is 25.1 Å². The molecule has 1 fully saturated rings. The van der Waals surface area contributed by atoms with E-state index in [0.717, 1.165) is 33.5 Å². The third-order valence-electron chi connectivity index (χ3n) is 5.52. The van der Waals surface area contributed by atoms with Gasteiger partial charge in [-0.3, -0.25) is 9.59 Å². The molecule has 0 spiro atoms. The predicted molar refractivity (Wildman–Crippen MR) is 114 cm³/mol. The van der Waals surface area contributed by atoms with Crippen LogP contribution in [0.5, 0.6) is 5.75 Å². The number of carbonyl (C=O) groups excluding carboxylic acids is 2. The zero-order valence-corrected chi connectivity index (χ0v) is 16.9. The van der Waals surface area contributed by atoms with Gasteiger partial charge in [0.2, 0.25) is 11.8 Å². The van der Waals surface area contributed by atoms with Crippen molar-refractivity contribution in [1.82, 2.24) is 9.88 Å². The van der Waals surface area contributed by atoms with Gasteiger partial charge in [-0.25, -0.2) is 0 Å². The van der Waals surface area contributed by atoms with E-state index in [9.17, 15) is 9.59 Å². The summed E-state index contributed by atoms with van der Waals surface area (Å²) in [7, 11) is 1.64. The zero-order valence-electron chi connectivity index (χ0n) is 16.9. The molecule has 1 aliphatic heterocycles. The first kappa shape index (κ1) is 20.0. The number of aromatic amines is 1.